The molecular weight excluding hydrogens is 328 g/mol. The Balaban J connectivity index is 2.62. The molecule has 1 aliphatic rings. The molecule has 0 amide bonds. The van der Waals surface area contributed by atoms with Crippen LogP contribution in [0.3, 0.4) is 0 Å². The lowest BCUT2D eigenvalue weighted by atomic mass is 10.0. The van der Waals surface area contributed by atoms with Crippen molar-refractivity contribution in [1.82, 2.24) is 0 Å². The van der Waals surface area contributed by atoms with E-state index in [1.165, 1.54) is 0 Å². The first kappa shape index (κ1) is 22.5. The van der Waals surface area contributed by atoms with Crippen LogP contribution in [0.1, 0.15) is 85.0 Å². The van der Waals surface area contributed by atoms with E-state index >= 15 is 0 Å². The highest BCUT2D eigenvalue weighted by atomic mass is 16.5. The van der Waals surface area contributed by atoms with E-state index in [9.17, 15) is 9.59 Å². The molecule has 148 valence electrons. The lowest BCUT2D eigenvalue weighted by Crippen LogP contribution is -2.18. The van der Waals surface area contributed by atoms with Gasteiger partial charge in [0.05, 0.1) is 24.4 Å². The number of carbonyl (C=O) groups is 2. The summed E-state index contributed by atoms with van der Waals surface area (Å²) in [5, 5.41) is 0. The Morgan fingerprint density at radius 1 is 0.885 bits per heavy atom. The van der Waals surface area contributed by atoms with Crippen molar-refractivity contribution in [3.05, 3.63) is 23.3 Å². The van der Waals surface area contributed by atoms with Crippen LogP contribution in [0.25, 0.3) is 0 Å². The predicted molar refractivity (Wildman–Crippen MR) is 105 cm³/mol. The SMILES string of the molecule is CCCCCCOC(=O)C1=CCCC(C)C=C1C(=O)OCCCCCC. The third-order valence-electron chi connectivity index (χ3n) is 4.61. The maximum absolute atomic E-state index is 12.5. The van der Waals surface area contributed by atoms with E-state index in [2.05, 4.69) is 20.8 Å². The second kappa shape index (κ2) is 13.6. The van der Waals surface area contributed by atoms with E-state index in [4.69, 9.17) is 9.47 Å². The smallest absolute Gasteiger partial charge is 0.338 e. The average molecular weight is 365 g/mol. The summed E-state index contributed by atoms with van der Waals surface area (Å²) in [4.78, 5) is 25.0. The van der Waals surface area contributed by atoms with Crippen LogP contribution in [0, 0.1) is 5.92 Å². The van der Waals surface area contributed by atoms with Crippen LogP contribution in [0.5, 0.6) is 0 Å². The molecule has 1 rings (SSSR count). The molecule has 0 saturated heterocycles. The number of allylic oxidation sites excluding steroid dienone is 2. The van der Waals surface area contributed by atoms with Gasteiger partial charge in [-0.2, -0.15) is 0 Å². The number of esters is 2. The van der Waals surface area contributed by atoms with Gasteiger partial charge in [-0.15, -0.1) is 0 Å². The highest BCUT2D eigenvalue weighted by Gasteiger charge is 2.25. The van der Waals surface area contributed by atoms with Crippen molar-refractivity contribution in [2.24, 2.45) is 5.92 Å². The summed E-state index contributed by atoms with van der Waals surface area (Å²) in [7, 11) is 0. The maximum atomic E-state index is 12.5. The molecule has 0 spiro atoms. The molecular formula is C22H36O4. The van der Waals surface area contributed by atoms with Crippen molar-refractivity contribution in [3.63, 3.8) is 0 Å². The molecule has 0 heterocycles. The van der Waals surface area contributed by atoms with Gasteiger partial charge in [-0.25, -0.2) is 9.59 Å². The van der Waals surface area contributed by atoms with Crippen molar-refractivity contribution >= 4 is 11.9 Å². The van der Waals surface area contributed by atoms with Gasteiger partial charge in [0.2, 0.25) is 0 Å². The molecule has 0 N–H and O–H groups in total. The Morgan fingerprint density at radius 3 is 1.96 bits per heavy atom. The van der Waals surface area contributed by atoms with Gasteiger partial charge in [-0.1, -0.05) is 71.4 Å². The second-order valence-corrected chi connectivity index (χ2v) is 7.15. The zero-order valence-corrected chi connectivity index (χ0v) is 16.9. The molecule has 26 heavy (non-hydrogen) atoms. The normalized spacial score (nSPS) is 17.1. The Bertz CT molecular complexity index is 490. The molecule has 1 aliphatic carbocycles. The fourth-order valence-corrected chi connectivity index (χ4v) is 2.97. The predicted octanol–water partition coefficient (Wildman–Crippen LogP) is 5.52. The number of unbranched alkanes of at least 4 members (excludes halogenated alkanes) is 6. The first-order chi connectivity index (χ1) is 12.6. The molecule has 1 unspecified atom stereocenters. The topological polar surface area (TPSA) is 52.6 Å². The zero-order chi connectivity index (χ0) is 19.2. The van der Waals surface area contributed by atoms with Crippen LogP contribution in [-0.4, -0.2) is 25.2 Å². The van der Waals surface area contributed by atoms with Crippen LogP contribution >= 0.6 is 0 Å². The number of hydrogen-bond donors (Lipinski definition) is 0. The van der Waals surface area contributed by atoms with Gasteiger partial charge in [-0.05, 0) is 31.6 Å². The van der Waals surface area contributed by atoms with Crippen molar-refractivity contribution in [2.45, 2.75) is 85.0 Å². The lowest BCUT2D eigenvalue weighted by Gasteiger charge is -2.12. The van der Waals surface area contributed by atoms with Gasteiger partial charge in [-0.3, -0.25) is 0 Å². The molecule has 4 heteroatoms. The third-order valence-corrected chi connectivity index (χ3v) is 4.61. The molecule has 0 aromatic carbocycles. The van der Waals surface area contributed by atoms with Gasteiger partial charge < -0.3 is 9.47 Å². The molecule has 0 aromatic heterocycles. The lowest BCUT2D eigenvalue weighted by molar-refractivity contribution is -0.142. The third kappa shape index (κ3) is 8.68. The van der Waals surface area contributed by atoms with Crippen molar-refractivity contribution in [3.8, 4) is 0 Å². The zero-order valence-electron chi connectivity index (χ0n) is 16.9. The minimum Gasteiger partial charge on any atom is -0.462 e. The Hall–Kier alpha value is -1.58. The number of carbonyl (C=O) groups excluding carboxylic acids is 2. The largest absolute Gasteiger partial charge is 0.462 e. The Kier molecular flexibility index (Phi) is 11.7. The van der Waals surface area contributed by atoms with Crippen LogP contribution in [-0.2, 0) is 19.1 Å². The molecule has 4 nitrogen and oxygen atoms in total. The number of hydrogen-bond acceptors (Lipinski definition) is 4. The van der Waals surface area contributed by atoms with Crippen LogP contribution in [0.2, 0.25) is 0 Å². The summed E-state index contributed by atoms with van der Waals surface area (Å²) in [5.41, 5.74) is 0.757. The first-order valence-corrected chi connectivity index (χ1v) is 10.4. The molecule has 0 bridgehead atoms. The summed E-state index contributed by atoms with van der Waals surface area (Å²) in [6.07, 6.45) is 13.8. The fraction of sp³-hybridized carbons (Fsp3) is 0.727. The van der Waals surface area contributed by atoms with E-state index in [1.54, 1.807) is 0 Å². The van der Waals surface area contributed by atoms with Gasteiger partial charge in [0.15, 0.2) is 0 Å². The molecule has 1 atom stereocenters. The summed E-state index contributed by atoms with van der Waals surface area (Å²) in [5.74, 6) is -0.557. The summed E-state index contributed by atoms with van der Waals surface area (Å²) < 4.78 is 10.8. The van der Waals surface area contributed by atoms with Crippen molar-refractivity contribution in [1.29, 1.82) is 0 Å². The summed E-state index contributed by atoms with van der Waals surface area (Å²) in [6, 6.07) is 0. The summed E-state index contributed by atoms with van der Waals surface area (Å²) in [6.45, 7) is 7.17. The van der Waals surface area contributed by atoms with E-state index in [1.807, 2.05) is 12.2 Å². The van der Waals surface area contributed by atoms with Gasteiger partial charge >= 0.3 is 11.9 Å². The quantitative estimate of drug-likeness (QED) is 0.338. The highest BCUT2D eigenvalue weighted by molar-refractivity contribution is 6.07. The average Bonchev–Trinajstić information content (AvgIpc) is 2.82. The Morgan fingerprint density at radius 2 is 1.42 bits per heavy atom. The second-order valence-electron chi connectivity index (χ2n) is 7.15. The fourth-order valence-electron chi connectivity index (χ4n) is 2.97. The van der Waals surface area contributed by atoms with Crippen molar-refractivity contribution < 1.29 is 19.1 Å². The Labute approximate surface area is 159 Å². The number of rotatable bonds is 12. The van der Waals surface area contributed by atoms with E-state index in [0.29, 0.717) is 24.4 Å². The molecule has 0 aliphatic heterocycles. The molecule has 0 fully saturated rings. The van der Waals surface area contributed by atoms with E-state index in [-0.39, 0.29) is 5.92 Å². The summed E-state index contributed by atoms with van der Waals surface area (Å²) >= 11 is 0. The maximum Gasteiger partial charge on any atom is 0.338 e. The molecule has 0 saturated carbocycles. The van der Waals surface area contributed by atoms with Crippen LogP contribution in [0.15, 0.2) is 23.3 Å². The first-order valence-electron chi connectivity index (χ1n) is 10.4. The monoisotopic (exact) mass is 364 g/mol. The van der Waals surface area contributed by atoms with Crippen LogP contribution in [0.4, 0.5) is 0 Å². The minimum absolute atomic E-state index is 0.240. The van der Waals surface area contributed by atoms with E-state index in [0.717, 1.165) is 64.2 Å². The number of ether oxygens (including phenoxy) is 2. The van der Waals surface area contributed by atoms with Crippen LogP contribution < -0.4 is 0 Å². The molecule has 0 aromatic rings. The standard InChI is InChI=1S/C22H36O4/c1-4-6-8-10-15-25-21(23)19-14-12-13-18(3)17-20(19)22(24)26-16-11-9-7-5-2/h14,17-18H,4-13,15-16H2,1-3H3. The van der Waals surface area contributed by atoms with Gasteiger partial charge in [0, 0.05) is 0 Å². The van der Waals surface area contributed by atoms with E-state index < -0.39 is 11.9 Å². The van der Waals surface area contributed by atoms with Crippen molar-refractivity contribution in [2.75, 3.05) is 13.2 Å². The molecule has 0 radical (unpaired) electrons. The van der Waals surface area contributed by atoms with Gasteiger partial charge in [0.25, 0.3) is 0 Å². The van der Waals surface area contributed by atoms with Gasteiger partial charge in [0.1, 0.15) is 0 Å². The minimum atomic E-state index is -0.399. The highest BCUT2D eigenvalue weighted by Crippen LogP contribution is 2.24.